The van der Waals surface area contributed by atoms with Crippen molar-refractivity contribution in [1.82, 2.24) is 6.15 Å². The molecule has 0 saturated carbocycles. The van der Waals surface area contributed by atoms with Crippen molar-refractivity contribution in [3.05, 3.63) is 0 Å². The minimum atomic E-state index is -0.980. The quantitative estimate of drug-likeness (QED) is 0.505. The number of rotatable bonds is 4. The number of carboxylic acid groups (broad SMARTS) is 1. The molecule has 6 N–H and O–H groups in total. The van der Waals surface area contributed by atoms with Crippen molar-refractivity contribution in [2.24, 2.45) is 5.73 Å². The SMILES string of the molecule is COCC[C@H](N)C(=O)O.N. The van der Waals surface area contributed by atoms with Crippen molar-refractivity contribution in [3.63, 3.8) is 0 Å². The molecule has 0 aromatic carbocycles. The molecule has 0 fully saturated rings. The maximum absolute atomic E-state index is 10.0. The smallest absolute Gasteiger partial charge is 0.320 e. The predicted octanol–water partition coefficient (Wildman–Crippen LogP) is -0.403. The van der Waals surface area contributed by atoms with Gasteiger partial charge in [-0.25, -0.2) is 0 Å². The van der Waals surface area contributed by atoms with Crippen molar-refractivity contribution in [1.29, 1.82) is 0 Å². The number of nitrogens with two attached hydrogens (primary N) is 1. The summed E-state index contributed by atoms with van der Waals surface area (Å²) in [5.41, 5.74) is 5.12. The number of ether oxygens (including phenoxy) is 1. The number of hydrogen-bond donors (Lipinski definition) is 3. The second kappa shape index (κ2) is 6.47. The molecule has 0 bridgehead atoms. The van der Waals surface area contributed by atoms with Crippen molar-refractivity contribution >= 4 is 5.97 Å². The summed E-state index contributed by atoms with van der Waals surface area (Å²) in [6.07, 6.45) is 0.367. The van der Waals surface area contributed by atoms with E-state index in [0.29, 0.717) is 13.0 Å². The molecule has 0 aliphatic carbocycles. The molecule has 0 aliphatic rings. The van der Waals surface area contributed by atoms with Gasteiger partial charge < -0.3 is 21.7 Å². The highest BCUT2D eigenvalue weighted by Crippen LogP contribution is 1.86. The lowest BCUT2D eigenvalue weighted by molar-refractivity contribution is -0.138. The van der Waals surface area contributed by atoms with Gasteiger partial charge in [0.15, 0.2) is 0 Å². The topological polar surface area (TPSA) is 108 Å². The summed E-state index contributed by atoms with van der Waals surface area (Å²) in [4.78, 5) is 10.0. The average molecular weight is 150 g/mol. The zero-order chi connectivity index (χ0) is 7.28. The first-order valence-corrected chi connectivity index (χ1v) is 2.65. The molecule has 0 amide bonds. The highest BCUT2D eigenvalue weighted by molar-refractivity contribution is 5.72. The summed E-state index contributed by atoms with van der Waals surface area (Å²) < 4.78 is 4.62. The van der Waals surface area contributed by atoms with Crippen LogP contribution in [0.4, 0.5) is 0 Å². The fraction of sp³-hybridized carbons (Fsp3) is 0.800. The van der Waals surface area contributed by atoms with Crippen molar-refractivity contribution in [3.8, 4) is 0 Å². The molecule has 0 rings (SSSR count). The third kappa shape index (κ3) is 5.49. The number of aliphatic carboxylic acids is 1. The van der Waals surface area contributed by atoms with E-state index in [1.165, 1.54) is 7.11 Å². The van der Waals surface area contributed by atoms with Gasteiger partial charge in [-0.15, -0.1) is 0 Å². The number of carboxylic acids is 1. The Hall–Kier alpha value is -0.650. The lowest BCUT2D eigenvalue weighted by Gasteiger charge is -2.02. The van der Waals surface area contributed by atoms with Gasteiger partial charge in [0, 0.05) is 13.7 Å². The van der Waals surface area contributed by atoms with Gasteiger partial charge in [-0.3, -0.25) is 4.79 Å². The second-order valence-electron chi connectivity index (χ2n) is 1.73. The van der Waals surface area contributed by atoms with Crippen LogP contribution in [-0.2, 0) is 9.53 Å². The van der Waals surface area contributed by atoms with E-state index in [1.807, 2.05) is 0 Å². The van der Waals surface area contributed by atoms with Crippen LogP contribution in [-0.4, -0.2) is 30.8 Å². The molecule has 0 unspecified atom stereocenters. The van der Waals surface area contributed by atoms with Crippen molar-refractivity contribution in [2.45, 2.75) is 12.5 Å². The summed E-state index contributed by atoms with van der Waals surface area (Å²) in [5.74, 6) is -0.980. The molecule has 0 spiro atoms. The first kappa shape index (κ1) is 12.1. The molecule has 5 heteroatoms. The van der Waals surface area contributed by atoms with E-state index in [9.17, 15) is 4.79 Å². The summed E-state index contributed by atoms with van der Waals surface area (Å²) in [7, 11) is 1.51. The molecule has 0 heterocycles. The average Bonchev–Trinajstić information content (AvgIpc) is 1.82. The Morgan fingerprint density at radius 2 is 2.30 bits per heavy atom. The number of methoxy groups -OCH3 is 1. The highest BCUT2D eigenvalue weighted by Gasteiger charge is 2.09. The number of hydrogen-bond acceptors (Lipinski definition) is 4. The Bertz CT molecular complexity index is 96.9. The molecule has 0 aliphatic heterocycles. The van der Waals surface area contributed by atoms with Crippen LogP contribution < -0.4 is 11.9 Å². The second-order valence-corrected chi connectivity index (χ2v) is 1.73. The van der Waals surface area contributed by atoms with Gasteiger partial charge in [-0.1, -0.05) is 0 Å². The molecular weight excluding hydrogens is 136 g/mol. The van der Waals surface area contributed by atoms with Crippen molar-refractivity contribution < 1.29 is 14.6 Å². The lowest BCUT2D eigenvalue weighted by Crippen LogP contribution is -2.31. The fourth-order valence-electron chi connectivity index (χ4n) is 0.368. The largest absolute Gasteiger partial charge is 0.480 e. The van der Waals surface area contributed by atoms with Gasteiger partial charge >= 0.3 is 5.97 Å². The van der Waals surface area contributed by atoms with Gasteiger partial charge in [0.05, 0.1) is 0 Å². The van der Waals surface area contributed by atoms with Crippen LogP contribution in [0.1, 0.15) is 6.42 Å². The van der Waals surface area contributed by atoms with Crippen LogP contribution in [0, 0.1) is 0 Å². The molecule has 0 aromatic rings. The molecule has 0 radical (unpaired) electrons. The van der Waals surface area contributed by atoms with Crippen LogP contribution in [0.3, 0.4) is 0 Å². The summed E-state index contributed by atoms with van der Waals surface area (Å²) in [6, 6.07) is -0.787. The predicted molar refractivity (Wildman–Crippen MR) is 37.1 cm³/mol. The zero-order valence-corrected chi connectivity index (χ0v) is 6.04. The molecule has 5 nitrogen and oxygen atoms in total. The Morgan fingerprint density at radius 3 is 2.60 bits per heavy atom. The summed E-state index contributed by atoms with van der Waals surface area (Å²) in [5, 5.41) is 8.23. The first-order chi connectivity index (χ1) is 4.18. The maximum atomic E-state index is 10.0. The molecule has 1 atom stereocenters. The fourth-order valence-corrected chi connectivity index (χ4v) is 0.368. The minimum absolute atomic E-state index is 0. The van der Waals surface area contributed by atoms with E-state index in [2.05, 4.69) is 4.74 Å². The van der Waals surface area contributed by atoms with Crippen LogP contribution in [0.25, 0.3) is 0 Å². The highest BCUT2D eigenvalue weighted by atomic mass is 16.5. The lowest BCUT2D eigenvalue weighted by atomic mass is 10.2. The van der Waals surface area contributed by atoms with Crippen LogP contribution in [0.5, 0.6) is 0 Å². The van der Waals surface area contributed by atoms with Crippen LogP contribution in [0.15, 0.2) is 0 Å². The minimum Gasteiger partial charge on any atom is -0.480 e. The Balaban J connectivity index is 0. The van der Waals surface area contributed by atoms with Gasteiger partial charge in [-0.2, -0.15) is 0 Å². The van der Waals surface area contributed by atoms with E-state index in [0.717, 1.165) is 0 Å². The van der Waals surface area contributed by atoms with Crippen LogP contribution in [0.2, 0.25) is 0 Å². The van der Waals surface area contributed by atoms with Gasteiger partial charge in [-0.05, 0) is 6.42 Å². The van der Waals surface area contributed by atoms with E-state index in [-0.39, 0.29) is 6.15 Å². The van der Waals surface area contributed by atoms with E-state index in [1.54, 1.807) is 0 Å². The molecule has 0 aromatic heterocycles. The Morgan fingerprint density at radius 1 is 1.80 bits per heavy atom. The maximum Gasteiger partial charge on any atom is 0.320 e. The third-order valence-electron chi connectivity index (χ3n) is 0.950. The summed E-state index contributed by atoms with van der Waals surface area (Å²) >= 11 is 0. The van der Waals surface area contributed by atoms with Gasteiger partial charge in [0.1, 0.15) is 6.04 Å². The molecular formula is C5H14N2O3. The number of carbonyl (C=O) groups is 1. The van der Waals surface area contributed by atoms with E-state index >= 15 is 0 Å². The standard InChI is InChI=1S/C5H11NO3.H3N/c1-9-3-2-4(6)5(7)8;/h4H,2-3,6H2,1H3,(H,7,8);1H3/t4-;/m0./s1. The molecule has 62 valence electrons. The Labute approximate surface area is 59.7 Å². The van der Waals surface area contributed by atoms with E-state index < -0.39 is 12.0 Å². The van der Waals surface area contributed by atoms with Gasteiger partial charge in [0.2, 0.25) is 0 Å². The Kier molecular flexibility index (Phi) is 7.81. The normalized spacial score (nSPS) is 11.8. The summed E-state index contributed by atoms with van der Waals surface area (Å²) in [6.45, 7) is 0.396. The molecule has 0 saturated heterocycles. The van der Waals surface area contributed by atoms with Gasteiger partial charge in [0.25, 0.3) is 0 Å². The third-order valence-corrected chi connectivity index (χ3v) is 0.950. The van der Waals surface area contributed by atoms with Crippen molar-refractivity contribution in [2.75, 3.05) is 13.7 Å². The van der Waals surface area contributed by atoms with E-state index in [4.69, 9.17) is 10.8 Å². The zero-order valence-electron chi connectivity index (χ0n) is 6.04. The first-order valence-electron chi connectivity index (χ1n) is 2.65. The molecule has 10 heavy (non-hydrogen) atoms. The van der Waals surface area contributed by atoms with Crippen LogP contribution >= 0.6 is 0 Å². The monoisotopic (exact) mass is 150 g/mol.